The molecule has 0 N–H and O–H groups in total. The van der Waals surface area contributed by atoms with Crippen molar-refractivity contribution in [1.82, 2.24) is 4.90 Å². The quantitative estimate of drug-likeness (QED) is 0.534. The maximum atomic E-state index is 13.5. The first-order valence-electron chi connectivity index (χ1n) is 10.2. The second kappa shape index (κ2) is 9.72. The van der Waals surface area contributed by atoms with Gasteiger partial charge in [-0.2, -0.15) is 0 Å². The number of amides is 1. The molecule has 0 aromatic heterocycles. The van der Waals surface area contributed by atoms with Crippen LogP contribution in [0.1, 0.15) is 10.8 Å². The van der Waals surface area contributed by atoms with Gasteiger partial charge in [0, 0.05) is 36.8 Å². The number of piperazine rings is 1. The Morgan fingerprint density at radius 2 is 1.43 bits per heavy atom. The van der Waals surface area contributed by atoms with E-state index in [1.165, 1.54) is 5.69 Å². The molecule has 0 unspecified atom stereocenters. The number of methoxy groups -OCH3 is 1. The Bertz CT molecular complexity index is 940. The lowest BCUT2D eigenvalue weighted by molar-refractivity contribution is -0.131. The van der Waals surface area contributed by atoms with E-state index in [1.54, 1.807) is 18.9 Å². The molecule has 154 valence electrons. The van der Waals surface area contributed by atoms with E-state index in [-0.39, 0.29) is 11.2 Å². The molecule has 0 bridgehead atoms. The van der Waals surface area contributed by atoms with Crippen LogP contribution in [-0.4, -0.2) is 44.1 Å². The molecule has 3 aromatic carbocycles. The zero-order valence-electron chi connectivity index (χ0n) is 17.1. The SMILES string of the molecule is COc1ccc(N2CCN(C(=O)[C@@H](Sc3ccccc3)c3ccccc3)CC2)cc1. The minimum Gasteiger partial charge on any atom is -0.497 e. The molecule has 1 amide bonds. The topological polar surface area (TPSA) is 32.8 Å². The molecule has 30 heavy (non-hydrogen) atoms. The van der Waals surface area contributed by atoms with Crippen LogP contribution in [-0.2, 0) is 4.79 Å². The summed E-state index contributed by atoms with van der Waals surface area (Å²) >= 11 is 1.63. The van der Waals surface area contributed by atoms with Crippen molar-refractivity contribution < 1.29 is 9.53 Å². The van der Waals surface area contributed by atoms with Crippen molar-refractivity contribution in [3.8, 4) is 5.75 Å². The van der Waals surface area contributed by atoms with E-state index < -0.39 is 0 Å². The summed E-state index contributed by atoms with van der Waals surface area (Å²) in [7, 11) is 1.68. The Kier molecular flexibility index (Phi) is 6.60. The molecule has 5 heteroatoms. The molecular formula is C25H26N2O2S. The summed E-state index contributed by atoms with van der Waals surface area (Å²) in [4.78, 5) is 18.9. The van der Waals surface area contributed by atoms with Gasteiger partial charge in [0.15, 0.2) is 0 Å². The number of rotatable bonds is 6. The molecular weight excluding hydrogens is 392 g/mol. The Balaban J connectivity index is 1.45. The van der Waals surface area contributed by atoms with Gasteiger partial charge in [-0.1, -0.05) is 48.5 Å². The Morgan fingerprint density at radius 1 is 0.833 bits per heavy atom. The Morgan fingerprint density at radius 3 is 2.03 bits per heavy atom. The van der Waals surface area contributed by atoms with Crippen molar-refractivity contribution in [1.29, 1.82) is 0 Å². The molecule has 1 atom stereocenters. The first kappa shape index (κ1) is 20.4. The predicted octanol–water partition coefficient (Wildman–Crippen LogP) is 4.88. The normalized spacial score (nSPS) is 15.0. The van der Waals surface area contributed by atoms with Gasteiger partial charge in [0.25, 0.3) is 0 Å². The molecule has 1 saturated heterocycles. The fourth-order valence-corrected chi connectivity index (χ4v) is 4.80. The smallest absolute Gasteiger partial charge is 0.240 e. The van der Waals surface area contributed by atoms with Crippen LogP contribution in [0.2, 0.25) is 0 Å². The second-order valence-corrected chi connectivity index (χ2v) is 8.41. The number of ether oxygens (including phenoxy) is 1. The van der Waals surface area contributed by atoms with E-state index in [2.05, 4.69) is 29.2 Å². The highest BCUT2D eigenvalue weighted by molar-refractivity contribution is 8.00. The van der Waals surface area contributed by atoms with Crippen molar-refractivity contribution in [2.75, 3.05) is 38.2 Å². The first-order chi connectivity index (χ1) is 14.7. The van der Waals surface area contributed by atoms with Crippen LogP contribution in [0, 0.1) is 0 Å². The Labute approximate surface area is 182 Å². The summed E-state index contributed by atoms with van der Waals surface area (Å²) in [5, 5.41) is -0.235. The van der Waals surface area contributed by atoms with Crippen LogP contribution in [0.15, 0.2) is 89.8 Å². The van der Waals surface area contributed by atoms with Gasteiger partial charge in [-0.3, -0.25) is 4.79 Å². The van der Waals surface area contributed by atoms with Crippen LogP contribution < -0.4 is 9.64 Å². The van der Waals surface area contributed by atoms with E-state index in [9.17, 15) is 4.79 Å². The number of hydrogen-bond donors (Lipinski definition) is 0. The van der Waals surface area contributed by atoms with Gasteiger partial charge in [-0.25, -0.2) is 0 Å². The van der Waals surface area contributed by atoms with Crippen LogP contribution in [0.4, 0.5) is 5.69 Å². The summed E-state index contributed by atoms with van der Waals surface area (Å²) < 4.78 is 5.25. The summed E-state index contributed by atoms with van der Waals surface area (Å²) in [6.07, 6.45) is 0. The van der Waals surface area contributed by atoms with Crippen molar-refractivity contribution in [2.45, 2.75) is 10.1 Å². The summed E-state index contributed by atoms with van der Waals surface area (Å²) in [5.74, 6) is 1.04. The molecule has 0 radical (unpaired) electrons. The average molecular weight is 419 g/mol. The third-order valence-electron chi connectivity index (χ3n) is 5.35. The van der Waals surface area contributed by atoms with E-state index in [0.717, 1.165) is 42.4 Å². The lowest BCUT2D eigenvalue weighted by Crippen LogP contribution is -2.49. The maximum Gasteiger partial charge on any atom is 0.240 e. The number of nitrogens with zero attached hydrogens (tertiary/aromatic N) is 2. The summed E-state index contributed by atoms with van der Waals surface area (Å²) in [6.45, 7) is 3.11. The van der Waals surface area contributed by atoms with Crippen molar-refractivity contribution >= 4 is 23.4 Å². The van der Waals surface area contributed by atoms with E-state index in [4.69, 9.17) is 4.74 Å². The van der Waals surface area contributed by atoms with Gasteiger partial charge in [0.2, 0.25) is 5.91 Å². The minimum atomic E-state index is -0.235. The average Bonchev–Trinajstić information content (AvgIpc) is 2.83. The lowest BCUT2D eigenvalue weighted by Gasteiger charge is -2.37. The zero-order chi connectivity index (χ0) is 20.8. The van der Waals surface area contributed by atoms with E-state index >= 15 is 0 Å². The molecule has 0 aliphatic carbocycles. The number of benzene rings is 3. The molecule has 4 rings (SSSR count). The second-order valence-electron chi connectivity index (χ2n) is 7.23. The molecule has 3 aromatic rings. The molecule has 1 aliphatic heterocycles. The number of anilines is 1. The first-order valence-corrected chi connectivity index (χ1v) is 11.1. The van der Waals surface area contributed by atoms with Gasteiger partial charge in [-0.05, 0) is 42.0 Å². The summed E-state index contributed by atoms with van der Waals surface area (Å²) in [5.41, 5.74) is 2.22. The molecule has 1 heterocycles. The van der Waals surface area contributed by atoms with Crippen LogP contribution in [0.25, 0.3) is 0 Å². The highest BCUT2D eigenvalue weighted by Gasteiger charge is 2.29. The zero-order valence-corrected chi connectivity index (χ0v) is 17.9. The Hall–Kier alpha value is -2.92. The molecule has 0 saturated carbocycles. The van der Waals surface area contributed by atoms with Gasteiger partial charge in [-0.15, -0.1) is 11.8 Å². The lowest BCUT2D eigenvalue weighted by atomic mass is 10.1. The highest BCUT2D eigenvalue weighted by Crippen LogP contribution is 2.37. The maximum absolute atomic E-state index is 13.5. The number of carbonyl (C=O) groups is 1. The van der Waals surface area contributed by atoms with Crippen LogP contribution >= 0.6 is 11.8 Å². The van der Waals surface area contributed by atoms with Crippen LogP contribution in [0.3, 0.4) is 0 Å². The number of carbonyl (C=O) groups excluding carboxylic acids is 1. The van der Waals surface area contributed by atoms with E-state index in [1.807, 2.05) is 65.6 Å². The van der Waals surface area contributed by atoms with E-state index in [0.29, 0.717) is 0 Å². The standard InChI is InChI=1S/C25H26N2O2S/c1-29-22-14-12-21(13-15-22)26-16-18-27(19-17-26)25(28)24(20-8-4-2-5-9-20)30-23-10-6-3-7-11-23/h2-15,24H,16-19H2,1H3/t24-/m0/s1. The van der Waals surface area contributed by atoms with Crippen molar-refractivity contribution in [3.63, 3.8) is 0 Å². The van der Waals surface area contributed by atoms with Gasteiger partial charge >= 0.3 is 0 Å². The van der Waals surface area contributed by atoms with Crippen LogP contribution in [0.5, 0.6) is 5.75 Å². The van der Waals surface area contributed by atoms with Gasteiger partial charge in [0.05, 0.1) is 7.11 Å². The fraction of sp³-hybridized carbons (Fsp3) is 0.240. The third kappa shape index (κ3) is 4.79. The molecule has 0 spiro atoms. The van der Waals surface area contributed by atoms with Gasteiger partial charge in [0.1, 0.15) is 11.0 Å². The largest absolute Gasteiger partial charge is 0.497 e. The highest BCUT2D eigenvalue weighted by atomic mass is 32.2. The number of hydrogen-bond acceptors (Lipinski definition) is 4. The third-order valence-corrected chi connectivity index (χ3v) is 6.61. The predicted molar refractivity (Wildman–Crippen MR) is 123 cm³/mol. The van der Waals surface area contributed by atoms with Crippen molar-refractivity contribution in [3.05, 3.63) is 90.5 Å². The molecule has 1 fully saturated rings. The monoisotopic (exact) mass is 418 g/mol. The summed E-state index contributed by atoms with van der Waals surface area (Å²) in [6, 6.07) is 28.4. The van der Waals surface area contributed by atoms with Gasteiger partial charge < -0.3 is 14.5 Å². The molecule has 4 nitrogen and oxygen atoms in total. The fourth-order valence-electron chi connectivity index (χ4n) is 3.67. The number of thioether (sulfide) groups is 1. The van der Waals surface area contributed by atoms with Crippen molar-refractivity contribution in [2.24, 2.45) is 0 Å². The minimum absolute atomic E-state index is 0.185. The molecule has 1 aliphatic rings.